The molecule has 1 fully saturated rings. The maximum atomic E-state index is 11.7. The van der Waals surface area contributed by atoms with Gasteiger partial charge >= 0.3 is 0 Å². The molecule has 1 aromatic carbocycles. The van der Waals surface area contributed by atoms with Crippen LogP contribution in [0.2, 0.25) is 10.0 Å². The van der Waals surface area contributed by atoms with Crippen LogP contribution in [0.25, 0.3) is 0 Å². The summed E-state index contributed by atoms with van der Waals surface area (Å²) in [6.45, 7) is 0.766. The fourth-order valence-electron chi connectivity index (χ4n) is 2.85. The van der Waals surface area contributed by atoms with Crippen LogP contribution >= 0.6 is 23.2 Å². The van der Waals surface area contributed by atoms with Gasteiger partial charge in [0.25, 0.3) is 0 Å². The third kappa shape index (κ3) is 3.88. The molecule has 0 aliphatic carbocycles. The van der Waals surface area contributed by atoms with E-state index < -0.39 is 9.84 Å². The second-order valence-electron chi connectivity index (χ2n) is 5.39. The second-order valence-corrected chi connectivity index (χ2v) is 8.43. The average molecular weight is 336 g/mol. The molecule has 1 aliphatic heterocycles. The van der Waals surface area contributed by atoms with Gasteiger partial charge < -0.3 is 5.32 Å². The third-order valence-electron chi connectivity index (χ3n) is 3.93. The monoisotopic (exact) mass is 335 g/mol. The van der Waals surface area contributed by atoms with Crippen LogP contribution < -0.4 is 5.32 Å². The molecule has 2 unspecified atom stereocenters. The van der Waals surface area contributed by atoms with Crippen LogP contribution in [0.15, 0.2) is 18.2 Å². The zero-order valence-electron chi connectivity index (χ0n) is 11.4. The standard InChI is InChI=1S/C14H19Cl2NO2S/c1-17-8-11(10-5-6-20(18,19)9-10)7-12-13(15)3-2-4-14(12)16/h2-4,10-11,17H,5-9H2,1H3. The zero-order valence-corrected chi connectivity index (χ0v) is 13.7. The van der Waals surface area contributed by atoms with Crippen LogP contribution in [0.3, 0.4) is 0 Å². The fourth-order valence-corrected chi connectivity index (χ4v) is 5.32. The number of hydrogen-bond donors (Lipinski definition) is 1. The molecule has 1 saturated heterocycles. The Morgan fingerprint density at radius 2 is 2.00 bits per heavy atom. The van der Waals surface area contributed by atoms with Gasteiger partial charge in [-0.15, -0.1) is 0 Å². The van der Waals surface area contributed by atoms with Crippen molar-refractivity contribution in [3.8, 4) is 0 Å². The number of benzene rings is 1. The van der Waals surface area contributed by atoms with Gasteiger partial charge in [0.1, 0.15) is 0 Å². The molecule has 1 aliphatic rings. The Kier molecular flexibility index (Phi) is 5.35. The highest BCUT2D eigenvalue weighted by atomic mass is 35.5. The lowest BCUT2D eigenvalue weighted by molar-refractivity contribution is 0.352. The molecule has 20 heavy (non-hydrogen) atoms. The summed E-state index contributed by atoms with van der Waals surface area (Å²) in [5.41, 5.74) is 0.917. The fraction of sp³-hybridized carbons (Fsp3) is 0.571. The van der Waals surface area contributed by atoms with E-state index in [0.29, 0.717) is 22.2 Å². The predicted molar refractivity (Wildman–Crippen MR) is 84.3 cm³/mol. The van der Waals surface area contributed by atoms with Crippen molar-refractivity contribution in [3.63, 3.8) is 0 Å². The summed E-state index contributed by atoms with van der Waals surface area (Å²) < 4.78 is 23.3. The molecule has 112 valence electrons. The van der Waals surface area contributed by atoms with Crippen LogP contribution in [0.4, 0.5) is 0 Å². The van der Waals surface area contributed by atoms with Crippen molar-refractivity contribution < 1.29 is 8.42 Å². The van der Waals surface area contributed by atoms with Crippen molar-refractivity contribution in [1.82, 2.24) is 5.32 Å². The van der Waals surface area contributed by atoms with Crippen LogP contribution in [-0.2, 0) is 16.3 Å². The summed E-state index contributed by atoms with van der Waals surface area (Å²) in [6.07, 6.45) is 1.44. The van der Waals surface area contributed by atoms with E-state index in [9.17, 15) is 8.42 Å². The summed E-state index contributed by atoms with van der Waals surface area (Å²) in [7, 11) is -0.985. The van der Waals surface area contributed by atoms with E-state index in [1.807, 2.05) is 25.2 Å². The quantitative estimate of drug-likeness (QED) is 0.899. The summed E-state index contributed by atoms with van der Waals surface area (Å²) in [6, 6.07) is 5.47. The first-order valence-electron chi connectivity index (χ1n) is 6.71. The lowest BCUT2D eigenvalue weighted by atomic mass is 9.86. The number of rotatable bonds is 5. The Labute approximate surface area is 130 Å². The summed E-state index contributed by atoms with van der Waals surface area (Å²) in [4.78, 5) is 0. The molecule has 0 amide bonds. The average Bonchev–Trinajstić information content (AvgIpc) is 2.73. The molecule has 0 aromatic heterocycles. The molecule has 0 saturated carbocycles. The van der Waals surface area contributed by atoms with Crippen molar-refractivity contribution in [2.24, 2.45) is 11.8 Å². The lowest BCUT2D eigenvalue weighted by Gasteiger charge is -2.23. The van der Waals surface area contributed by atoms with Crippen LogP contribution in [-0.4, -0.2) is 33.5 Å². The Balaban J connectivity index is 2.18. The minimum Gasteiger partial charge on any atom is -0.319 e. The maximum absolute atomic E-state index is 11.7. The second kappa shape index (κ2) is 6.65. The van der Waals surface area contributed by atoms with Gasteiger partial charge in [-0.25, -0.2) is 8.42 Å². The van der Waals surface area contributed by atoms with Crippen molar-refractivity contribution in [3.05, 3.63) is 33.8 Å². The number of halogens is 2. The molecular weight excluding hydrogens is 317 g/mol. The third-order valence-corrected chi connectivity index (χ3v) is 6.43. The van der Waals surface area contributed by atoms with Crippen molar-refractivity contribution in [1.29, 1.82) is 0 Å². The Bertz CT molecular complexity index is 554. The molecule has 2 rings (SSSR count). The predicted octanol–water partition coefficient (Wildman–Crippen LogP) is 2.81. The molecular formula is C14H19Cl2NO2S. The van der Waals surface area contributed by atoms with Gasteiger partial charge in [0.15, 0.2) is 9.84 Å². The largest absolute Gasteiger partial charge is 0.319 e. The van der Waals surface area contributed by atoms with Crippen LogP contribution in [0.1, 0.15) is 12.0 Å². The first-order valence-corrected chi connectivity index (χ1v) is 9.28. The summed E-state index contributed by atoms with van der Waals surface area (Å²) in [5, 5.41) is 4.45. The molecule has 0 spiro atoms. The van der Waals surface area contributed by atoms with E-state index in [1.165, 1.54) is 0 Å². The topological polar surface area (TPSA) is 46.2 Å². The number of hydrogen-bond acceptors (Lipinski definition) is 3. The van der Waals surface area contributed by atoms with Gasteiger partial charge in [0, 0.05) is 10.0 Å². The number of nitrogens with one attached hydrogen (secondary N) is 1. The molecule has 2 atom stereocenters. The summed E-state index contributed by atoms with van der Waals surface area (Å²) in [5.74, 6) is 0.990. The van der Waals surface area contributed by atoms with Crippen LogP contribution in [0, 0.1) is 11.8 Å². The van der Waals surface area contributed by atoms with Gasteiger partial charge in [-0.05, 0) is 56.0 Å². The highest BCUT2D eigenvalue weighted by molar-refractivity contribution is 7.91. The maximum Gasteiger partial charge on any atom is 0.150 e. The van der Waals surface area contributed by atoms with Gasteiger partial charge in [0.2, 0.25) is 0 Å². The first kappa shape index (κ1) is 16.1. The minimum atomic E-state index is -2.87. The van der Waals surface area contributed by atoms with Crippen molar-refractivity contribution >= 4 is 33.0 Å². The molecule has 6 heteroatoms. The Hall–Kier alpha value is -0.290. The van der Waals surface area contributed by atoms with Gasteiger partial charge in [-0.3, -0.25) is 0 Å². The molecule has 0 bridgehead atoms. The molecule has 0 radical (unpaired) electrons. The van der Waals surface area contributed by atoms with E-state index in [1.54, 1.807) is 0 Å². The smallest absolute Gasteiger partial charge is 0.150 e. The SMILES string of the molecule is CNCC(Cc1c(Cl)cccc1Cl)C1CCS(=O)(=O)C1. The van der Waals surface area contributed by atoms with Crippen LogP contribution in [0.5, 0.6) is 0 Å². The lowest BCUT2D eigenvalue weighted by Crippen LogP contribution is -2.28. The summed E-state index contributed by atoms with van der Waals surface area (Å²) >= 11 is 12.4. The van der Waals surface area contributed by atoms with Gasteiger partial charge in [-0.1, -0.05) is 29.3 Å². The van der Waals surface area contributed by atoms with Gasteiger partial charge in [-0.2, -0.15) is 0 Å². The zero-order chi connectivity index (χ0) is 14.8. The van der Waals surface area contributed by atoms with E-state index in [-0.39, 0.29) is 17.6 Å². The van der Waals surface area contributed by atoms with E-state index in [4.69, 9.17) is 23.2 Å². The van der Waals surface area contributed by atoms with Crippen molar-refractivity contribution in [2.45, 2.75) is 12.8 Å². The molecule has 1 aromatic rings. The van der Waals surface area contributed by atoms with Gasteiger partial charge in [0.05, 0.1) is 11.5 Å². The molecule has 1 N–H and O–H groups in total. The minimum absolute atomic E-state index is 0.180. The molecule has 3 nitrogen and oxygen atoms in total. The van der Waals surface area contributed by atoms with E-state index >= 15 is 0 Å². The number of sulfone groups is 1. The highest BCUT2D eigenvalue weighted by Gasteiger charge is 2.33. The normalized spacial score (nSPS) is 22.9. The first-order chi connectivity index (χ1) is 9.43. The highest BCUT2D eigenvalue weighted by Crippen LogP contribution is 2.33. The van der Waals surface area contributed by atoms with E-state index in [0.717, 1.165) is 18.5 Å². The van der Waals surface area contributed by atoms with Crippen molar-refractivity contribution in [2.75, 3.05) is 25.1 Å². The van der Waals surface area contributed by atoms with E-state index in [2.05, 4.69) is 5.32 Å². The molecule has 1 heterocycles. The Morgan fingerprint density at radius 3 is 2.50 bits per heavy atom. The Morgan fingerprint density at radius 1 is 1.35 bits per heavy atom.